The number of ether oxygens (including phenoxy) is 4. The molecule has 29 heavy (non-hydrogen) atoms. The van der Waals surface area contributed by atoms with Crippen LogP contribution in [-0.4, -0.2) is 42.7 Å². The van der Waals surface area contributed by atoms with E-state index < -0.39 is 39.5 Å². The summed E-state index contributed by atoms with van der Waals surface area (Å²) < 4.78 is 93.5. The third kappa shape index (κ3) is 3.26. The predicted octanol–water partition coefficient (Wildman–Crippen LogP) is -0.249. The third-order valence-corrected chi connectivity index (χ3v) is 14.4. The molecular weight excluding hydrogens is 532 g/mol. The van der Waals surface area contributed by atoms with Crippen molar-refractivity contribution in [1.82, 2.24) is 0 Å². The summed E-state index contributed by atoms with van der Waals surface area (Å²) in [6.45, 7) is 0.718. The predicted molar refractivity (Wildman–Crippen MR) is 89.9 cm³/mol. The van der Waals surface area contributed by atoms with Crippen LogP contribution in [0.4, 0.5) is 11.6 Å². The molecule has 0 aromatic heterocycles. The van der Waals surface area contributed by atoms with E-state index in [0.29, 0.717) is 0 Å². The monoisotopic (exact) mass is 547 g/mol. The van der Waals surface area contributed by atoms with Gasteiger partial charge < -0.3 is 0 Å². The van der Waals surface area contributed by atoms with E-state index in [0.717, 1.165) is 24.3 Å². The van der Waals surface area contributed by atoms with Gasteiger partial charge in [0.1, 0.15) is 0 Å². The Morgan fingerprint density at radius 1 is 0.793 bits per heavy atom. The second-order valence-corrected chi connectivity index (χ2v) is 14.9. The van der Waals surface area contributed by atoms with Crippen molar-refractivity contribution in [3.05, 3.63) is 43.5 Å². The van der Waals surface area contributed by atoms with Crippen LogP contribution < -0.4 is 38.0 Å². The van der Waals surface area contributed by atoms with Crippen LogP contribution in [0, 0.1) is 7.14 Å². The van der Waals surface area contributed by atoms with Gasteiger partial charge in [0, 0.05) is 0 Å². The molecule has 0 spiro atoms. The number of hydrogen-bond acceptors (Lipinski definition) is 6. The Bertz CT molecular complexity index is 1000. The fourth-order valence-electron chi connectivity index (χ4n) is 2.87. The van der Waals surface area contributed by atoms with E-state index in [1.165, 1.54) is 12.1 Å². The Morgan fingerprint density at radius 2 is 1.17 bits per heavy atom. The van der Waals surface area contributed by atoms with Gasteiger partial charge in [0.05, 0.1) is 0 Å². The first kappa shape index (κ1) is 20.3. The summed E-state index contributed by atoms with van der Waals surface area (Å²) >= 11 is -6.51. The maximum absolute atomic E-state index is 16.4. The van der Waals surface area contributed by atoms with Gasteiger partial charge in [0.25, 0.3) is 0 Å². The molecule has 0 unspecified atom stereocenters. The van der Waals surface area contributed by atoms with Crippen LogP contribution in [-0.2, 0) is 10.1 Å². The van der Waals surface area contributed by atoms with E-state index in [2.05, 4.69) is 0 Å². The van der Waals surface area contributed by atoms with Gasteiger partial charge in [-0.15, -0.1) is 0 Å². The minimum absolute atomic E-state index is 0.0167. The molecule has 7 nitrogen and oxygen atoms in total. The summed E-state index contributed by atoms with van der Waals surface area (Å²) in [5.41, 5.74) is 0. The van der Waals surface area contributed by atoms with Crippen molar-refractivity contribution >= 4 is 10.1 Å². The number of rotatable bonds is 4. The van der Waals surface area contributed by atoms with Crippen LogP contribution >= 0.6 is 0 Å². The molecule has 160 valence electrons. The normalized spacial score (nSPS) is 17.0. The molecule has 2 aromatic rings. The molecule has 0 bridgehead atoms. The molecule has 0 saturated carbocycles. The summed E-state index contributed by atoms with van der Waals surface area (Å²) in [6, 6.07) is 6.53. The van der Waals surface area contributed by atoms with Gasteiger partial charge in [-0.1, -0.05) is 0 Å². The molecule has 2 aliphatic rings. The zero-order valence-corrected chi connectivity index (χ0v) is 17.6. The number of benzene rings is 2. The first-order valence-electron chi connectivity index (χ1n) is 8.26. The van der Waals surface area contributed by atoms with Crippen LogP contribution in [0.2, 0.25) is 0 Å². The van der Waals surface area contributed by atoms with Gasteiger partial charge in [-0.05, 0) is 0 Å². The van der Waals surface area contributed by atoms with Gasteiger partial charge in [0.2, 0.25) is 0 Å². The molecule has 12 heteroatoms. The molecule has 2 aliphatic heterocycles. The van der Waals surface area contributed by atoms with Crippen LogP contribution in [0.1, 0.15) is 0 Å². The Balaban J connectivity index is 1.94. The van der Waals surface area contributed by atoms with Crippen molar-refractivity contribution in [2.24, 2.45) is 0 Å². The molecule has 2 heterocycles. The standard InChI is InChI=1S/C17H15F3IO7S/c18-17(19,29(22,23)24)21(20,11-1-3-13-15(9-11)27-7-5-25-13)12-2-4-14-16(10-12)28-8-6-26-14/h1-4,9-10H,5-8H2,(H,22,23,24)/q-1. The maximum atomic E-state index is 16.4. The van der Waals surface area contributed by atoms with Crippen molar-refractivity contribution in [2.75, 3.05) is 26.4 Å². The average molecular weight is 547 g/mol. The number of hydrogen-bond donors (Lipinski definition) is 1. The molecule has 0 amide bonds. The fraction of sp³-hybridized carbons (Fsp3) is 0.294. The van der Waals surface area contributed by atoms with Gasteiger partial charge in [-0.2, -0.15) is 0 Å². The van der Waals surface area contributed by atoms with E-state index in [-0.39, 0.29) is 49.4 Å². The van der Waals surface area contributed by atoms with Crippen LogP contribution in [0.25, 0.3) is 0 Å². The third-order valence-electron chi connectivity index (χ3n) is 4.21. The fourth-order valence-corrected chi connectivity index (χ4v) is 11.6. The van der Waals surface area contributed by atoms with Gasteiger partial charge in [-0.3, -0.25) is 0 Å². The number of halogens is 4. The topological polar surface area (TPSA) is 91.3 Å². The van der Waals surface area contributed by atoms with Crippen molar-refractivity contribution in [1.29, 1.82) is 0 Å². The molecule has 0 fully saturated rings. The average Bonchev–Trinajstić information content (AvgIpc) is 2.71. The van der Waals surface area contributed by atoms with Crippen molar-refractivity contribution in [3.63, 3.8) is 0 Å². The van der Waals surface area contributed by atoms with E-state index in [1.807, 2.05) is 0 Å². The van der Waals surface area contributed by atoms with Crippen molar-refractivity contribution < 1.29 is 62.6 Å². The second kappa shape index (κ2) is 7.09. The molecular formula is C17H15F3IO7S-. The van der Waals surface area contributed by atoms with Crippen molar-refractivity contribution in [2.45, 2.75) is 3.26 Å². The summed E-state index contributed by atoms with van der Waals surface area (Å²) in [5, 5.41) is 0. The first-order valence-corrected chi connectivity index (χ1v) is 13.7. The molecule has 0 radical (unpaired) electrons. The first-order chi connectivity index (χ1) is 13.6. The van der Waals surface area contributed by atoms with E-state index in [9.17, 15) is 21.8 Å². The minimum atomic E-state index is -6.51. The number of alkyl halides is 3. The Kier molecular flexibility index (Phi) is 4.98. The Hall–Kier alpha value is -1.93. The quantitative estimate of drug-likeness (QED) is 0.321. The van der Waals surface area contributed by atoms with Crippen molar-refractivity contribution in [3.8, 4) is 23.0 Å². The van der Waals surface area contributed by atoms with Gasteiger partial charge >= 0.3 is 169 Å². The van der Waals surface area contributed by atoms with Crippen LogP contribution in [0.5, 0.6) is 23.0 Å². The Morgan fingerprint density at radius 3 is 1.55 bits per heavy atom. The molecule has 1 N–H and O–H groups in total. The Labute approximate surface area is 168 Å². The van der Waals surface area contributed by atoms with Crippen LogP contribution in [0.3, 0.4) is 0 Å². The number of fused-ring (bicyclic) bond motifs is 2. The summed E-state index contributed by atoms with van der Waals surface area (Å²) in [5.74, 6) is 0.479. The summed E-state index contributed by atoms with van der Waals surface area (Å²) in [6.07, 6.45) is 0. The van der Waals surface area contributed by atoms with E-state index in [1.54, 1.807) is 0 Å². The molecule has 0 atom stereocenters. The van der Waals surface area contributed by atoms with E-state index >= 15 is 2.86 Å². The zero-order valence-electron chi connectivity index (χ0n) is 14.6. The SMILES string of the molecule is O=S(=O)(O)C(F)(F)[I-](F)(c1ccc2c(c1)OCCO2)c1ccc2c(c1)OCCO2. The molecule has 0 aliphatic carbocycles. The zero-order chi connectivity index (χ0) is 20.9. The summed E-state index contributed by atoms with van der Waals surface area (Å²) in [7, 11) is -6.07. The van der Waals surface area contributed by atoms with E-state index in [4.69, 9.17) is 18.9 Å². The van der Waals surface area contributed by atoms with Gasteiger partial charge in [-0.25, -0.2) is 0 Å². The van der Waals surface area contributed by atoms with Gasteiger partial charge in [0.15, 0.2) is 0 Å². The van der Waals surface area contributed by atoms with Crippen LogP contribution in [0.15, 0.2) is 36.4 Å². The second-order valence-electron chi connectivity index (χ2n) is 5.99. The molecule has 4 rings (SSSR count). The molecule has 2 aromatic carbocycles. The molecule has 0 saturated heterocycles. The summed E-state index contributed by atoms with van der Waals surface area (Å²) in [4.78, 5) is 0.